The van der Waals surface area contributed by atoms with Gasteiger partial charge in [0.05, 0.1) is 5.69 Å². The number of amidine groups is 1. The van der Waals surface area contributed by atoms with E-state index in [1.165, 1.54) is 5.06 Å². The Morgan fingerprint density at radius 3 is 2.55 bits per heavy atom. The van der Waals surface area contributed by atoms with Crippen LogP contribution in [0.15, 0.2) is 53.0 Å². The highest BCUT2D eigenvalue weighted by atomic mass is 16.7. The van der Waals surface area contributed by atoms with Crippen molar-refractivity contribution in [3.8, 4) is 0 Å². The number of likely N-dealkylation sites (tertiary alicyclic amines) is 1. The molecule has 0 bridgehead atoms. The van der Waals surface area contributed by atoms with Crippen LogP contribution in [0, 0.1) is 0 Å². The van der Waals surface area contributed by atoms with Crippen LogP contribution in [-0.4, -0.2) is 47.2 Å². The van der Waals surface area contributed by atoms with E-state index in [1.54, 1.807) is 35.2 Å². The first kappa shape index (κ1) is 22.5. The summed E-state index contributed by atoms with van der Waals surface area (Å²) < 4.78 is 0. The van der Waals surface area contributed by atoms with Crippen LogP contribution >= 0.6 is 0 Å². The molecule has 0 unspecified atom stereocenters. The third-order valence-corrected chi connectivity index (χ3v) is 5.68. The molecule has 33 heavy (non-hydrogen) atoms. The summed E-state index contributed by atoms with van der Waals surface area (Å²) in [4.78, 5) is 38.0. The number of anilines is 1. The third kappa shape index (κ3) is 5.23. The van der Waals surface area contributed by atoms with Crippen molar-refractivity contribution in [3.63, 3.8) is 0 Å². The van der Waals surface area contributed by atoms with E-state index in [0.717, 1.165) is 37.1 Å². The molecule has 8 nitrogen and oxygen atoms in total. The van der Waals surface area contributed by atoms with Crippen LogP contribution in [0.3, 0.4) is 0 Å². The highest BCUT2D eigenvalue weighted by Crippen LogP contribution is 2.29. The predicted octanol–water partition coefficient (Wildman–Crippen LogP) is 3.26. The summed E-state index contributed by atoms with van der Waals surface area (Å²) in [6.07, 6.45) is 3.76. The molecule has 0 saturated carbocycles. The molecule has 0 spiro atoms. The molecule has 0 aliphatic carbocycles. The van der Waals surface area contributed by atoms with Crippen molar-refractivity contribution in [1.82, 2.24) is 9.96 Å². The van der Waals surface area contributed by atoms with Gasteiger partial charge >= 0.3 is 0 Å². The van der Waals surface area contributed by atoms with Crippen LogP contribution in [0.2, 0.25) is 0 Å². The SMILES string of the molecule is CCCN(OCc1ccc(N)cc1)C(=O)C1=Cc2ccc(C(=O)N3CCC3)cc2N=C(N)C1. The van der Waals surface area contributed by atoms with Gasteiger partial charge < -0.3 is 16.4 Å². The molecule has 0 aromatic heterocycles. The fourth-order valence-corrected chi connectivity index (χ4v) is 3.72. The minimum atomic E-state index is -0.251. The predicted molar refractivity (Wildman–Crippen MR) is 128 cm³/mol. The van der Waals surface area contributed by atoms with Crippen molar-refractivity contribution >= 4 is 35.1 Å². The lowest BCUT2D eigenvalue weighted by molar-refractivity contribution is -0.187. The Labute approximate surface area is 193 Å². The van der Waals surface area contributed by atoms with Crippen LogP contribution in [0.4, 0.5) is 11.4 Å². The summed E-state index contributed by atoms with van der Waals surface area (Å²) in [5, 5.41) is 1.38. The molecule has 1 saturated heterocycles. The van der Waals surface area contributed by atoms with Crippen LogP contribution in [-0.2, 0) is 16.2 Å². The number of fused-ring (bicyclic) bond motifs is 1. The Morgan fingerprint density at radius 2 is 1.88 bits per heavy atom. The van der Waals surface area contributed by atoms with Crippen molar-refractivity contribution in [2.45, 2.75) is 32.8 Å². The number of hydrogen-bond donors (Lipinski definition) is 2. The topological polar surface area (TPSA) is 114 Å². The Balaban J connectivity index is 1.54. The number of hydrogen-bond acceptors (Lipinski definition) is 6. The molecule has 4 N–H and O–H groups in total. The van der Waals surface area contributed by atoms with Gasteiger partial charge in [-0.1, -0.05) is 25.1 Å². The minimum Gasteiger partial charge on any atom is -0.399 e. The number of carbonyl (C=O) groups excluding carboxylic acids is 2. The first-order valence-corrected chi connectivity index (χ1v) is 11.2. The molecule has 2 amide bonds. The Bertz CT molecular complexity index is 1100. The van der Waals surface area contributed by atoms with E-state index in [0.29, 0.717) is 34.9 Å². The number of carbonyl (C=O) groups is 2. The number of aliphatic imine (C=N–C) groups is 1. The second-order valence-electron chi connectivity index (χ2n) is 8.29. The number of nitrogens with two attached hydrogens (primary N) is 2. The zero-order valence-corrected chi connectivity index (χ0v) is 18.8. The molecule has 8 heteroatoms. The van der Waals surface area contributed by atoms with Crippen LogP contribution in [0.25, 0.3) is 6.08 Å². The number of amides is 2. The van der Waals surface area contributed by atoms with Gasteiger partial charge in [0.15, 0.2) is 0 Å². The van der Waals surface area contributed by atoms with Gasteiger partial charge in [0, 0.05) is 48.4 Å². The fraction of sp³-hybridized carbons (Fsp3) is 0.320. The standard InChI is InChI=1S/C25H29N5O3/c1-2-10-30(33-16-17-4-8-21(26)9-5-17)25(32)20-13-18-6-7-19(24(31)29-11-3-12-29)14-22(18)28-23(27)15-20/h4-9,13-14H,2-3,10-12,15-16,26H2,1H3,(H2,27,28). The maximum absolute atomic E-state index is 13.3. The van der Waals surface area contributed by atoms with Crippen LogP contribution in [0.5, 0.6) is 0 Å². The van der Waals surface area contributed by atoms with Crippen LogP contribution < -0.4 is 11.5 Å². The summed E-state index contributed by atoms with van der Waals surface area (Å²) >= 11 is 0. The quantitative estimate of drug-likeness (QED) is 0.499. The van der Waals surface area contributed by atoms with Gasteiger partial charge in [0.25, 0.3) is 11.8 Å². The fourth-order valence-electron chi connectivity index (χ4n) is 3.72. The van der Waals surface area contributed by atoms with Gasteiger partial charge in [-0.25, -0.2) is 10.1 Å². The average Bonchev–Trinajstić information content (AvgIpc) is 2.93. The van der Waals surface area contributed by atoms with Gasteiger partial charge in [0.2, 0.25) is 0 Å². The molecule has 0 radical (unpaired) electrons. The second kappa shape index (κ2) is 9.87. The monoisotopic (exact) mass is 447 g/mol. The molecule has 172 valence electrons. The van der Waals surface area contributed by atoms with E-state index in [1.807, 2.05) is 25.1 Å². The van der Waals surface area contributed by atoms with Gasteiger partial charge in [0.1, 0.15) is 12.4 Å². The number of nitrogen functional groups attached to an aromatic ring is 1. The lowest BCUT2D eigenvalue weighted by Crippen LogP contribution is -2.41. The molecule has 2 aromatic carbocycles. The van der Waals surface area contributed by atoms with E-state index in [-0.39, 0.29) is 24.8 Å². The molecule has 2 aromatic rings. The first-order valence-electron chi connectivity index (χ1n) is 11.2. The van der Waals surface area contributed by atoms with Crippen molar-refractivity contribution < 1.29 is 14.4 Å². The average molecular weight is 448 g/mol. The minimum absolute atomic E-state index is 0.00691. The van der Waals surface area contributed by atoms with Crippen molar-refractivity contribution in [3.05, 3.63) is 64.7 Å². The normalized spacial score (nSPS) is 15.0. The maximum atomic E-state index is 13.3. The molecular formula is C25H29N5O3. The summed E-state index contributed by atoms with van der Waals surface area (Å²) in [6, 6.07) is 12.7. The smallest absolute Gasteiger partial charge is 0.273 e. The summed E-state index contributed by atoms with van der Waals surface area (Å²) in [6.45, 7) is 4.24. The first-order chi connectivity index (χ1) is 15.9. The number of rotatable bonds is 7. The summed E-state index contributed by atoms with van der Waals surface area (Å²) in [5.41, 5.74) is 15.9. The maximum Gasteiger partial charge on any atom is 0.273 e. The van der Waals surface area contributed by atoms with Gasteiger partial charge in [-0.15, -0.1) is 0 Å². The van der Waals surface area contributed by atoms with Gasteiger partial charge in [-0.2, -0.15) is 0 Å². The third-order valence-electron chi connectivity index (χ3n) is 5.68. The Morgan fingerprint density at radius 1 is 1.12 bits per heavy atom. The molecule has 1 fully saturated rings. The largest absolute Gasteiger partial charge is 0.399 e. The van der Waals surface area contributed by atoms with E-state index < -0.39 is 0 Å². The molecular weight excluding hydrogens is 418 g/mol. The molecule has 2 aliphatic rings. The molecule has 4 rings (SSSR count). The van der Waals surface area contributed by atoms with E-state index in [9.17, 15) is 9.59 Å². The summed E-state index contributed by atoms with van der Waals surface area (Å²) in [5.74, 6) is 0.0587. The highest BCUT2D eigenvalue weighted by molar-refractivity contribution is 6.05. The lowest BCUT2D eigenvalue weighted by Gasteiger charge is -2.31. The molecule has 2 aliphatic heterocycles. The highest BCUT2D eigenvalue weighted by Gasteiger charge is 2.25. The van der Waals surface area contributed by atoms with Crippen molar-refractivity contribution in [2.75, 3.05) is 25.4 Å². The Kier molecular flexibility index (Phi) is 6.74. The van der Waals surface area contributed by atoms with Gasteiger partial charge in [-0.05, 0) is 48.7 Å². The number of benzene rings is 2. The zero-order chi connectivity index (χ0) is 23.4. The van der Waals surface area contributed by atoms with Crippen LogP contribution in [0.1, 0.15) is 47.7 Å². The van der Waals surface area contributed by atoms with E-state index in [2.05, 4.69) is 4.99 Å². The number of hydroxylamine groups is 2. The molecule has 2 heterocycles. The van der Waals surface area contributed by atoms with Crippen molar-refractivity contribution in [1.29, 1.82) is 0 Å². The number of nitrogens with zero attached hydrogens (tertiary/aromatic N) is 3. The van der Waals surface area contributed by atoms with Gasteiger partial charge in [-0.3, -0.25) is 14.4 Å². The summed E-state index contributed by atoms with van der Waals surface area (Å²) in [7, 11) is 0. The zero-order valence-electron chi connectivity index (χ0n) is 18.8. The van der Waals surface area contributed by atoms with Crippen molar-refractivity contribution in [2.24, 2.45) is 10.7 Å². The second-order valence-corrected chi connectivity index (χ2v) is 8.29. The van der Waals surface area contributed by atoms with E-state index >= 15 is 0 Å². The lowest BCUT2D eigenvalue weighted by atomic mass is 10.0. The molecule has 0 atom stereocenters. The Hall–Kier alpha value is -3.65. The van der Waals surface area contributed by atoms with E-state index in [4.69, 9.17) is 16.3 Å².